The number of anilines is 1. The summed E-state index contributed by atoms with van der Waals surface area (Å²) in [6.45, 7) is 1.77. The van der Waals surface area contributed by atoms with Gasteiger partial charge in [-0.25, -0.2) is 14.0 Å². The standard InChI is InChI=1S/C26H23FN2O5/c1-2-21(24(30)28-22-13-7-12-20(27)23(22)25(31)32)29-26(33)34-14-19-17-10-5-3-8-15(17)16-9-4-6-11-18(16)19/h3-13,19,21H,2,14H2,1H3,(H,28,30)(H,29,33)(H,31,32)/t21-/m0/s1. The molecule has 0 heterocycles. The van der Waals surface area contributed by atoms with Crippen LogP contribution in [0.25, 0.3) is 11.1 Å². The van der Waals surface area contributed by atoms with E-state index in [0.29, 0.717) is 0 Å². The van der Waals surface area contributed by atoms with E-state index in [1.54, 1.807) is 6.92 Å². The van der Waals surface area contributed by atoms with Crippen molar-refractivity contribution in [1.82, 2.24) is 5.32 Å². The maximum Gasteiger partial charge on any atom is 0.407 e. The van der Waals surface area contributed by atoms with E-state index < -0.39 is 35.4 Å². The van der Waals surface area contributed by atoms with Gasteiger partial charge in [-0.3, -0.25) is 4.79 Å². The molecule has 2 amide bonds. The predicted octanol–water partition coefficient (Wildman–Crippen LogP) is 4.78. The van der Waals surface area contributed by atoms with Gasteiger partial charge in [-0.15, -0.1) is 0 Å². The van der Waals surface area contributed by atoms with Gasteiger partial charge in [-0.05, 0) is 40.8 Å². The minimum absolute atomic E-state index is 0.0883. The van der Waals surface area contributed by atoms with Crippen LogP contribution in [0.2, 0.25) is 0 Å². The number of amides is 2. The Kier molecular flexibility index (Phi) is 6.58. The van der Waals surface area contributed by atoms with E-state index in [1.807, 2.05) is 48.5 Å². The topological polar surface area (TPSA) is 105 Å². The number of carbonyl (C=O) groups is 3. The number of rotatable bonds is 7. The van der Waals surface area contributed by atoms with Gasteiger partial charge in [0.1, 0.15) is 24.0 Å². The van der Waals surface area contributed by atoms with Crippen LogP contribution in [0, 0.1) is 5.82 Å². The van der Waals surface area contributed by atoms with Crippen LogP contribution in [-0.2, 0) is 9.53 Å². The van der Waals surface area contributed by atoms with Gasteiger partial charge in [0.15, 0.2) is 0 Å². The number of benzene rings is 3. The minimum Gasteiger partial charge on any atom is -0.478 e. The van der Waals surface area contributed by atoms with Crippen LogP contribution < -0.4 is 10.6 Å². The smallest absolute Gasteiger partial charge is 0.407 e. The van der Waals surface area contributed by atoms with Gasteiger partial charge in [0.25, 0.3) is 0 Å². The lowest BCUT2D eigenvalue weighted by atomic mass is 9.98. The van der Waals surface area contributed by atoms with E-state index in [-0.39, 0.29) is 24.6 Å². The number of ether oxygens (including phenoxy) is 1. The van der Waals surface area contributed by atoms with Crippen LogP contribution in [0.4, 0.5) is 14.9 Å². The number of carbonyl (C=O) groups excluding carboxylic acids is 2. The van der Waals surface area contributed by atoms with Crippen molar-refractivity contribution in [2.45, 2.75) is 25.3 Å². The summed E-state index contributed by atoms with van der Waals surface area (Å²) in [6, 6.07) is 18.4. The van der Waals surface area contributed by atoms with Gasteiger partial charge >= 0.3 is 12.1 Å². The largest absolute Gasteiger partial charge is 0.478 e. The van der Waals surface area contributed by atoms with E-state index in [4.69, 9.17) is 4.74 Å². The summed E-state index contributed by atoms with van der Waals surface area (Å²) in [6.07, 6.45) is -0.560. The zero-order chi connectivity index (χ0) is 24.2. The maximum atomic E-state index is 13.9. The molecule has 174 valence electrons. The number of hydrogen-bond donors (Lipinski definition) is 3. The quantitative estimate of drug-likeness (QED) is 0.469. The number of alkyl carbamates (subject to hydrolysis) is 1. The molecule has 0 aromatic heterocycles. The summed E-state index contributed by atoms with van der Waals surface area (Å²) in [7, 11) is 0. The molecular formula is C26H23FN2O5. The van der Waals surface area contributed by atoms with Crippen LogP contribution in [0.15, 0.2) is 66.7 Å². The SMILES string of the molecule is CC[C@H](NC(=O)OCC1c2ccccc2-c2ccccc21)C(=O)Nc1cccc(F)c1C(=O)O. The number of fused-ring (bicyclic) bond motifs is 3. The molecule has 1 atom stereocenters. The van der Waals surface area contributed by atoms with Crippen LogP contribution >= 0.6 is 0 Å². The van der Waals surface area contributed by atoms with Crippen LogP contribution in [0.1, 0.15) is 40.7 Å². The van der Waals surface area contributed by atoms with Gasteiger partial charge < -0.3 is 20.5 Å². The maximum absolute atomic E-state index is 13.9. The summed E-state index contributed by atoms with van der Waals surface area (Å²) in [4.78, 5) is 36.5. The van der Waals surface area contributed by atoms with E-state index in [0.717, 1.165) is 28.3 Å². The van der Waals surface area contributed by atoms with E-state index in [1.165, 1.54) is 12.1 Å². The first-order valence-corrected chi connectivity index (χ1v) is 10.8. The fraction of sp³-hybridized carbons (Fsp3) is 0.192. The third-order valence-corrected chi connectivity index (χ3v) is 5.85. The molecule has 0 saturated heterocycles. The number of nitrogens with one attached hydrogen (secondary N) is 2. The molecule has 3 aromatic carbocycles. The molecule has 7 nitrogen and oxygen atoms in total. The van der Waals surface area contributed by atoms with Crippen LogP contribution in [-0.4, -0.2) is 35.7 Å². The van der Waals surface area contributed by atoms with E-state index in [2.05, 4.69) is 10.6 Å². The number of carboxylic acid groups (broad SMARTS) is 1. The molecule has 0 aliphatic heterocycles. The zero-order valence-electron chi connectivity index (χ0n) is 18.4. The molecule has 4 rings (SSSR count). The van der Waals surface area contributed by atoms with Gasteiger partial charge in [0.05, 0.1) is 5.69 Å². The normalized spacial score (nSPS) is 12.9. The molecule has 0 unspecified atom stereocenters. The Balaban J connectivity index is 1.42. The highest BCUT2D eigenvalue weighted by Gasteiger charge is 2.30. The van der Waals surface area contributed by atoms with Crippen molar-refractivity contribution in [3.8, 4) is 11.1 Å². The Morgan fingerprint density at radius 1 is 0.971 bits per heavy atom. The van der Waals surface area contributed by atoms with Crippen molar-refractivity contribution in [1.29, 1.82) is 0 Å². The molecule has 3 N–H and O–H groups in total. The first kappa shape index (κ1) is 23.0. The van der Waals surface area contributed by atoms with Crippen LogP contribution in [0.3, 0.4) is 0 Å². The van der Waals surface area contributed by atoms with Gasteiger partial charge in [0, 0.05) is 5.92 Å². The summed E-state index contributed by atoms with van der Waals surface area (Å²) in [5.74, 6) is -3.28. The fourth-order valence-electron chi connectivity index (χ4n) is 4.20. The lowest BCUT2D eigenvalue weighted by Gasteiger charge is -2.19. The molecule has 0 saturated carbocycles. The molecule has 1 aliphatic carbocycles. The Morgan fingerprint density at radius 3 is 2.18 bits per heavy atom. The summed E-state index contributed by atoms with van der Waals surface area (Å²) in [5, 5.41) is 14.1. The van der Waals surface area contributed by atoms with Crippen LogP contribution in [0.5, 0.6) is 0 Å². The average Bonchev–Trinajstić information content (AvgIpc) is 3.14. The first-order chi connectivity index (χ1) is 16.4. The van der Waals surface area contributed by atoms with Crippen molar-refractivity contribution in [2.24, 2.45) is 0 Å². The van der Waals surface area contributed by atoms with Gasteiger partial charge in [-0.2, -0.15) is 0 Å². The lowest BCUT2D eigenvalue weighted by molar-refractivity contribution is -0.118. The third kappa shape index (κ3) is 4.47. The second-order valence-electron chi connectivity index (χ2n) is 7.89. The number of hydrogen-bond acceptors (Lipinski definition) is 4. The fourth-order valence-corrected chi connectivity index (χ4v) is 4.20. The summed E-state index contributed by atoms with van der Waals surface area (Å²) < 4.78 is 19.4. The Hall–Kier alpha value is -4.20. The second-order valence-corrected chi connectivity index (χ2v) is 7.89. The number of aromatic carboxylic acids is 1. The Bertz CT molecular complexity index is 1210. The summed E-state index contributed by atoms with van der Waals surface area (Å²) in [5.41, 5.74) is 3.49. The third-order valence-electron chi connectivity index (χ3n) is 5.85. The molecule has 0 fully saturated rings. The Morgan fingerprint density at radius 2 is 1.59 bits per heavy atom. The first-order valence-electron chi connectivity index (χ1n) is 10.8. The van der Waals surface area contributed by atoms with Crippen molar-refractivity contribution in [2.75, 3.05) is 11.9 Å². The molecular weight excluding hydrogens is 439 g/mol. The molecule has 0 bridgehead atoms. The highest BCUT2D eigenvalue weighted by molar-refractivity contribution is 6.03. The highest BCUT2D eigenvalue weighted by Crippen LogP contribution is 2.44. The lowest BCUT2D eigenvalue weighted by Crippen LogP contribution is -2.44. The van der Waals surface area contributed by atoms with Crippen molar-refractivity contribution < 1.29 is 28.6 Å². The predicted molar refractivity (Wildman–Crippen MR) is 124 cm³/mol. The monoisotopic (exact) mass is 462 g/mol. The Labute approximate surface area is 195 Å². The number of carboxylic acids is 1. The zero-order valence-corrected chi connectivity index (χ0v) is 18.4. The van der Waals surface area contributed by atoms with Gasteiger partial charge in [-0.1, -0.05) is 61.5 Å². The van der Waals surface area contributed by atoms with E-state index in [9.17, 15) is 23.9 Å². The van der Waals surface area contributed by atoms with Gasteiger partial charge in [0.2, 0.25) is 5.91 Å². The second kappa shape index (κ2) is 9.74. The van der Waals surface area contributed by atoms with Crippen molar-refractivity contribution in [3.63, 3.8) is 0 Å². The molecule has 3 aromatic rings. The van der Waals surface area contributed by atoms with Crippen molar-refractivity contribution >= 4 is 23.7 Å². The number of halogens is 1. The molecule has 0 radical (unpaired) electrons. The average molecular weight is 462 g/mol. The minimum atomic E-state index is -1.51. The molecule has 0 spiro atoms. The van der Waals surface area contributed by atoms with Crippen molar-refractivity contribution in [3.05, 3.63) is 89.2 Å². The molecule has 34 heavy (non-hydrogen) atoms. The summed E-state index contributed by atoms with van der Waals surface area (Å²) >= 11 is 0. The molecule has 1 aliphatic rings. The molecule has 8 heteroatoms. The highest BCUT2D eigenvalue weighted by atomic mass is 19.1. The van der Waals surface area contributed by atoms with E-state index >= 15 is 0 Å².